The maximum atomic E-state index is 5.90. The van der Waals surface area contributed by atoms with Gasteiger partial charge in [-0.1, -0.05) is 0 Å². The molecule has 0 saturated carbocycles. The number of nitrogens with zero attached hydrogens (tertiary/aromatic N) is 3. The lowest BCUT2D eigenvalue weighted by atomic mass is 10.0. The second-order valence-corrected chi connectivity index (χ2v) is 3.78. The van der Waals surface area contributed by atoms with E-state index in [1.165, 1.54) is 0 Å². The number of fused-ring (bicyclic) bond motifs is 1. The maximum Gasteiger partial charge on any atom is 0.130 e. The molecular weight excluding hydrogens is 164 g/mol. The minimum Gasteiger partial charge on any atom is -0.383 e. The van der Waals surface area contributed by atoms with Crippen LogP contribution < -0.4 is 5.73 Å². The second kappa shape index (κ2) is 2.34. The normalized spacial score (nSPS) is 17.8. The molecule has 2 heterocycles. The summed E-state index contributed by atoms with van der Waals surface area (Å²) in [4.78, 5) is 4.35. The van der Waals surface area contributed by atoms with E-state index in [-0.39, 0.29) is 5.54 Å². The fourth-order valence-corrected chi connectivity index (χ4v) is 1.60. The summed E-state index contributed by atoms with van der Waals surface area (Å²) in [7, 11) is 0. The molecule has 0 atom stereocenters. The number of hydrogen-bond donors (Lipinski definition) is 1. The molecule has 2 rings (SSSR count). The van der Waals surface area contributed by atoms with E-state index in [2.05, 4.69) is 10.1 Å². The highest BCUT2D eigenvalue weighted by Gasteiger charge is 2.32. The minimum atomic E-state index is -0.204. The van der Waals surface area contributed by atoms with Gasteiger partial charge in [0.2, 0.25) is 0 Å². The second-order valence-electron chi connectivity index (χ2n) is 3.78. The first-order chi connectivity index (χ1) is 6.06. The van der Waals surface area contributed by atoms with Gasteiger partial charge >= 0.3 is 0 Å². The molecule has 1 aliphatic heterocycles. The van der Waals surface area contributed by atoms with E-state index in [0.29, 0.717) is 0 Å². The molecular formula is C9H14N4. The van der Waals surface area contributed by atoms with Gasteiger partial charge in [-0.2, -0.15) is 5.10 Å². The van der Waals surface area contributed by atoms with E-state index in [1.807, 2.05) is 31.7 Å². The highest BCUT2D eigenvalue weighted by atomic mass is 15.3. The quantitative estimate of drug-likeness (QED) is 0.701. The standard InChI is InChI=1S/C9H14N4/c1-4-13-8(10)6-5-11-9(2,3)7(6)12-13/h5H,4,10H2,1-3H3. The molecule has 1 aromatic rings. The number of hydrogen-bond acceptors (Lipinski definition) is 3. The number of anilines is 1. The molecule has 0 fully saturated rings. The van der Waals surface area contributed by atoms with Crippen molar-refractivity contribution in [3.05, 3.63) is 11.3 Å². The van der Waals surface area contributed by atoms with E-state index in [9.17, 15) is 0 Å². The third-order valence-corrected chi connectivity index (χ3v) is 2.43. The number of rotatable bonds is 1. The third-order valence-electron chi connectivity index (χ3n) is 2.43. The summed E-state index contributed by atoms with van der Waals surface area (Å²) in [5.41, 5.74) is 7.68. The van der Waals surface area contributed by atoms with Gasteiger partial charge in [0, 0.05) is 12.8 Å². The summed E-state index contributed by atoms with van der Waals surface area (Å²) < 4.78 is 1.82. The van der Waals surface area contributed by atoms with Crippen molar-refractivity contribution >= 4 is 12.0 Å². The number of nitrogens with two attached hydrogens (primary N) is 1. The molecule has 0 saturated heterocycles. The predicted octanol–water partition coefficient (Wildman–Crippen LogP) is 1.15. The van der Waals surface area contributed by atoms with Crippen molar-refractivity contribution in [1.82, 2.24) is 9.78 Å². The smallest absolute Gasteiger partial charge is 0.130 e. The Morgan fingerprint density at radius 3 is 2.77 bits per heavy atom. The highest BCUT2D eigenvalue weighted by Crippen LogP contribution is 2.33. The van der Waals surface area contributed by atoms with Gasteiger partial charge in [-0.25, -0.2) is 4.68 Å². The Bertz CT molecular complexity index is 373. The molecule has 0 radical (unpaired) electrons. The molecule has 1 aliphatic rings. The van der Waals surface area contributed by atoms with Gasteiger partial charge in [-0.15, -0.1) is 0 Å². The van der Waals surface area contributed by atoms with Crippen molar-refractivity contribution in [3.8, 4) is 0 Å². The lowest BCUT2D eigenvalue weighted by molar-refractivity contribution is 0.528. The van der Waals surface area contributed by atoms with E-state index in [4.69, 9.17) is 5.73 Å². The fourth-order valence-electron chi connectivity index (χ4n) is 1.60. The van der Waals surface area contributed by atoms with E-state index < -0.39 is 0 Å². The monoisotopic (exact) mass is 178 g/mol. The van der Waals surface area contributed by atoms with Gasteiger partial charge in [0.05, 0.1) is 11.1 Å². The highest BCUT2D eigenvalue weighted by molar-refractivity contribution is 5.90. The summed E-state index contributed by atoms with van der Waals surface area (Å²) in [5.74, 6) is 0.729. The average Bonchev–Trinajstić information content (AvgIpc) is 2.53. The summed E-state index contributed by atoms with van der Waals surface area (Å²) in [5, 5.41) is 4.43. The summed E-state index contributed by atoms with van der Waals surface area (Å²) in [6, 6.07) is 0. The van der Waals surface area contributed by atoms with Crippen LogP contribution in [0.15, 0.2) is 4.99 Å². The Morgan fingerprint density at radius 2 is 2.23 bits per heavy atom. The topological polar surface area (TPSA) is 56.2 Å². The molecule has 0 aliphatic carbocycles. The lowest BCUT2D eigenvalue weighted by Crippen LogP contribution is -2.12. The lowest BCUT2D eigenvalue weighted by Gasteiger charge is -2.11. The van der Waals surface area contributed by atoms with Crippen LogP contribution in [-0.4, -0.2) is 16.0 Å². The minimum absolute atomic E-state index is 0.204. The molecule has 4 heteroatoms. The van der Waals surface area contributed by atoms with Crippen molar-refractivity contribution in [2.45, 2.75) is 32.9 Å². The van der Waals surface area contributed by atoms with Crippen LogP contribution in [0.4, 0.5) is 5.82 Å². The van der Waals surface area contributed by atoms with E-state index in [0.717, 1.165) is 23.6 Å². The van der Waals surface area contributed by atoms with Crippen LogP contribution in [0.3, 0.4) is 0 Å². The van der Waals surface area contributed by atoms with Crippen molar-refractivity contribution < 1.29 is 0 Å². The van der Waals surface area contributed by atoms with Gasteiger partial charge in [-0.05, 0) is 20.8 Å². The number of aromatic nitrogens is 2. The van der Waals surface area contributed by atoms with Gasteiger partial charge in [0.15, 0.2) is 0 Å². The number of aryl methyl sites for hydroxylation is 1. The zero-order valence-corrected chi connectivity index (χ0v) is 8.20. The van der Waals surface area contributed by atoms with E-state index in [1.54, 1.807) is 0 Å². The van der Waals surface area contributed by atoms with Gasteiger partial charge in [-0.3, -0.25) is 4.99 Å². The SMILES string of the molecule is CCn1nc2c(c1N)C=NC2(C)C. The van der Waals surface area contributed by atoms with Crippen molar-refractivity contribution in [1.29, 1.82) is 0 Å². The van der Waals surface area contributed by atoms with Crippen molar-refractivity contribution in [3.63, 3.8) is 0 Å². The molecule has 4 nitrogen and oxygen atoms in total. The van der Waals surface area contributed by atoms with Crippen LogP contribution in [-0.2, 0) is 12.1 Å². The first-order valence-corrected chi connectivity index (χ1v) is 4.48. The van der Waals surface area contributed by atoms with Crippen LogP contribution >= 0.6 is 0 Å². The van der Waals surface area contributed by atoms with Gasteiger partial charge in [0.25, 0.3) is 0 Å². The molecule has 1 aromatic heterocycles. The molecule has 0 aromatic carbocycles. The van der Waals surface area contributed by atoms with Crippen LogP contribution in [0.2, 0.25) is 0 Å². The van der Waals surface area contributed by atoms with E-state index >= 15 is 0 Å². The number of aliphatic imine (C=N–C) groups is 1. The summed E-state index contributed by atoms with van der Waals surface area (Å²) in [6.07, 6.45) is 1.82. The molecule has 0 unspecified atom stereocenters. The Morgan fingerprint density at radius 1 is 1.54 bits per heavy atom. The van der Waals surface area contributed by atoms with Crippen molar-refractivity contribution in [2.24, 2.45) is 4.99 Å². The van der Waals surface area contributed by atoms with Gasteiger partial charge in [0.1, 0.15) is 11.5 Å². The zero-order valence-electron chi connectivity index (χ0n) is 8.20. The summed E-state index contributed by atoms with van der Waals surface area (Å²) in [6.45, 7) is 6.93. The van der Waals surface area contributed by atoms with Crippen LogP contribution in [0.5, 0.6) is 0 Å². The average molecular weight is 178 g/mol. The first-order valence-electron chi connectivity index (χ1n) is 4.48. The Balaban J connectivity index is 2.61. The summed E-state index contributed by atoms with van der Waals surface area (Å²) >= 11 is 0. The molecule has 0 amide bonds. The molecule has 0 bridgehead atoms. The molecule has 70 valence electrons. The zero-order chi connectivity index (χ0) is 9.64. The molecule has 0 spiro atoms. The largest absolute Gasteiger partial charge is 0.383 e. The maximum absolute atomic E-state index is 5.90. The Labute approximate surface area is 77.5 Å². The fraction of sp³-hybridized carbons (Fsp3) is 0.556. The van der Waals surface area contributed by atoms with Gasteiger partial charge < -0.3 is 5.73 Å². The van der Waals surface area contributed by atoms with Crippen LogP contribution in [0.25, 0.3) is 0 Å². The predicted molar refractivity (Wildman–Crippen MR) is 52.9 cm³/mol. The first kappa shape index (κ1) is 8.29. The number of nitrogen functional groups attached to an aromatic ring is 1. The molecule has 2 N–H and O–H groups in total. The molecule has 13 heavy (non-hydrogen) atoms. The van der Waals surface area contributed by atoms with Crippen LogP contribution in [0.1, 0.15) is 32.0 Å². The van der Waals surface area contributed by atoms with Crippen molar-refractivity contribution in [2.75, 3.05) is 5.73 Å². The third kappa shape index (κ3) is 0.978. The van der Waals surface area contributed by atoms with Crippen LogP contribution in [0, 0.1) is 0 Å². The Hall–Kier alpha value is -1.32. The Kier molecular flexibility index (Phi) is 1.49.